The summed E-state index contributed by atoms with van der Waals surface area (Å²) >= 11 is 0. The largest absolute Gasteiger partial charge is 0.495 e. The lowest BCUT2D eigenvalue weighted by Gasteiger charge is -2.11. The molecule has 8 nitrogen and oxygen atoms in total. The molecule has 0 saturated carbocycles. The number of carbonyl (C=O) groups excluding carboxylic acids is 2. The number of hydrazine groups is 1. The normalized spacial score (nSPS) is 10.2. The number of aromatic nitrogens is 1. The van der Waals surface area contributed by atoms with Gasteiger partial charge in [0.2, 0.25) is 5.91 Å². The molecule has 8 heteroatoms. The standard InChI is InChI=1S/C21H22N4O4/c1-28-17-10-6-5-9-16(17)22-14-20(27)25-24-19(26)11-12-21-23-13-18(29-21)15-7-3-2-4-8-15/h2-10,13,22H,11-12,14H2,1H3,(H,24,26)(H,25,27). The maximum Gasteiger partial charge on any atom is 0.257 e. The molecule has 3 aromatic rings. The Balaban J connectivity index is 1.39. The van der Waals surface area contributed by atoms with Crippen molar-refractivity contribution >= 4 is 17.5 Å². The molecule has 3 N–H and O–H groups in total. The first kappa shape index (κ1) is 19.9. The van der Waals surface area contributed by atoms with E-state index in [9.17, 15) is 9.59 Å². The molecule has 29 heavy (non-hydrogen) atoms. The number of anilines is 1. The highest BCUT2D eigenvalue weighted by Gasteiger charge is 2.10. The van der Waals surface area contributed by atoms with Crippen molar-refractivity contribution in [3.05, 3.63) is 66.7 Å². The molecule has 0 bridgehead atoms. The third kappa shape index (κ3) is 5.83. The summed E-state index contributed by atoms with van der Waals surface area (Å²) in [4.78, 5) is 28.0. The topological polar surface area (TPSA) is 105 Å². The highest BCUT2D eigenvalue weighted by molar-refractivity contribution is 5.84. The number of hydrogen-bond donors (Lipinski definition) is 3. The lowest BCUT2D eigenvalue weighted by molar-refractivity contribution is -0.128. The van der Waals surface area contributed by atoms with Crippen LogP contribution in [0, 0.1) is 0 Å². The molecule has 2 aromatic carbocycles. The second-order valence-electron chi connectivity index (χ2n) is 6.13. The number of hydrogen-bond acceptors (Lipinski definition) is 6. The van der Waals surface area contributed by atoms with Crippen LogP contribution in [0.15, 0.2) is 65.2 Å². The van der Waals surface area contributed by atoms with Crippen LogP contribution in [0.3, 0.4) is 0 Å². The number of oxazole rings is 1. The Morgan fingerprint density at radius 2 is 1.72 bits per heavy atom. The fourth-order valence-electron chi connectivity index (χ4n) is 2.59. The number of aryl methyl sites for hydroxylation is 1. The van der Waals surface area contributed by atoms with Crippen LogP contribution in [0.1, 0.15) is 12.3 Å². The van der Waals surface area contributed by atoms with Crippen molar-refractivity contribution in [2.24, 2.45) is 0 Å². The van der Waals surface area contributed by atoms with Gasteiger partial charge in [0.15, 0.2) is 11.7 Å². The van der Waals surface area contributed by atoms with Crippen LogP contribution in [-0.4, -0.2) is 30.5 Å². The van der Waals surface area contributed by atoms with Gasteiger partial charge in [0, 0.05) is 18.4 Å². The van der Waals surface area contributed by atoms with E-state index in [4.69, 9.17) is 9.15 Å². The number of carbonyl (C=O) groups is 2. The molecule has 2 amide bonds. The molecule has 0 atom stereocenters. The Morgan fingerprint density at radius 3 is 2.52 bits per heavy atom. The minimum atomic E-state index is -0.383. The Morgan fingerprint density at radius 1 is 1.00 bits per heavy atom. The summed E-state index contributed by atoms with van der Waals surface area (Å²) in [7, 11) is 1.55. The molecule has 0 aliphatic heterocycles. The van der Waals surface area contributed by atoms with Crippen molar-refractivity contribution in [3.63, 3.8) is 0 Å². The van der Waals surface area contributed by atoms with Gasteiger partial charge in [-0.05, 0) is 12.1 Å². The van der Waals surface area contributed by atoms with Crippen molar-refractivity contribution in [3.8, 4) is 17.1 Å². The first-order chi connectivity index (χ1) is 14.2. The van der Waals surface area contributed by atoms with Crippen molar-refractivity contribution < 1.29 is 18.7 Å². The minimum absolute atomic E-state index is 0.0131. The van der Waals surface area contributed by atoms with Gasteiger partial charge in [-0.15, -0.1) is 0 Å². The predicted octanol–water partition coefficient (Wildman–Crippen LogP) is 2.54. The van der Waals surface area contributed by atoms with Crippen LogP contribution in [0.4, 0.5) is 5.69 Å². The maximum absolute atomic E-state index is 11.9. The molecule has 0 unspecified atom stereocenters. The molecule has 150 valence electrons. The van der Waals surface area contributed by atoms with E-state index in [0.29, 0.717) is 29.5 Å². The molecule has 0 aliphatic rings. The second kappa shape index (κ2) is 9.93. The lowest BCUT2D eigenvalue weighted by Crippen LogP contribution is -2.44. The van der Waals surface area contributed by atoms with Gasteiger partial charge in [-0.1, -0.05) is 42.5 Å². The van der Waals surface area contributed by atoms with Gasteiger partial charge in [-0.2, -0.15) is 0 Å². The summed E-state index contributed by atoms with van der Waals surface area (Å²) in [6, 6.07) is 16.8. The second-order valence-corrected chi connectivity index (χ2v) is 6.13. The fraction of sp³-hybridized carbons (Fsp3) is 0.190. The molecule has 1 heterocycles. The molecule has 3 rings (SSSR count). The van der Waals surface area contributed by atoms with Gasteiger partial charge in [-0.3, -0.25) is 20.4 Å². The van der Waals surface area contributed by atoms with E-state index in [1.807, 2.05) is 42.5 Å². The number of methoxy groups -OCH3 is 1. The number of nitrogens with one attached hydrogen (secondary N) is 3. The van der Waals surface area contributed by atoms with E-state index in [2.05, 4.69) is 21.2 Å². The predicted molar refractivity (Wildman–Crippen MR) is 108 cm³/mol. The zero-order valence-corrected chi connectivity index (χ0v) is 16.0. The van der Waals surface area contributed by atoms with E-state index < -0.39 is 0 Å². The monoisotopic (exact) mass is 394 g/mol. The molecule has 0 aliphatic carbocycles. The summed E-state index contributed by atoms with van der Waals surface area (Å²) in [6.07, 6.45) is 2.09. The zero-order chi connectivity index (χ0) is 20.5. The maximum atomic E-state index is 11.9. The number of ether oxygens (including phenoxy) is 1. The van der Waals surface area contributed by atoms with Gasteiger partial charge < -0.3 is 14.5 Å². The van der Waals surface area contributed by atoms with Crippen LogP contribution >= 0.6 is 0 Å². The SMILES string of the molecule is COc1ccccc1NCC(=O)NNC(=O)CCc1ncc(-c2ccccc2)o1. The van der Waals surface area contributed by atoms with Gasteiger partial charge in [0.1, 0.15) is 5.75 Å². The van der Waals surface area contributed by atoms with E-state index in [1.54, 1.807) is 25.4 Å². The zero-order valence-electron chi connectivity index (χ0n) is 16.0. The van der Waals surface area contributed by atoms with Crippen molar-refractivity contribution in [1.29, 1.82) is 0 Å². The first-order valence-electron chi connectivity index (χ1n) is 9.10. The molecule has 0 saturated heterocycles. The quantitative estimate of drug-likeness (QED) is 0.507. The Hall–Kier alpha value is -3.81. The first-order valence-corrected chi connectivity index (χ1v) is 9.10. The molecule has 0 spiro atoms. The van der Waals surface area contributed by atoms with E-state index in [-0.39, 0.29) is 24.8 Å². The van der Waals surface area contributed by atoms with Gasteiger partial charge in [0.05, 0.1) is 25.5 Å². The number of rotatable bonds is 8. The summed E-state index contributed by atoms with van der Waals surface area (Å²) < 4.78 is 10.9. The fourth-order valence-corrected chi connectivity index (χ4v) is 2.59. The Labute approximate surface area is 168 Å². The Kier molecular flexibility index (Phi) is 6.83. The van der Waals surface area contributed by atoms with Crippen molar-refractivity contribution in [2.45, 2.75) is 12.8 Å². The van der Waals surface area contributed by atoms with E-state index in [1.165, 1.54) is 0 Å². The van der Waals surface area contributed by atoms with Crippen molar-refractivity contribution in [2.75, 3.05) is 19.0 Å². The molecule has 1 aromatic heterocycles. The third-order valence-corrected chi connectivity index (χ3v) is 4.07. The lowest BCUT2D eigenvalue weighted by atomic mass is 10.2. The van der Waals surface area contributed by atoms with Crippen LogP contribution in [0.5, 0.6) is 5.75 Å². The molecular weight excluding hydrogens is 372 g/mol. The highest BCUT2D eigenvalue weighted by atomic mass is 16.5. The Bertz CT molecular complexity index is 956. The highest BCUT2D eigenvalue weighted by Crippen LogP contribution is 2.22. The summed E-state index contributed by atoms with van der Waals surface area (Å²) in [5.74, 6) is 1.02. The summed E-state index contributed by atoms with van der Waals surface area (Å²) in [5, 5.41) is 2.95. The van der Waals surface area contributed by atoms with Crippen LogP contribution in [0.2, 0.25) is 0 Å². The summed E-state index contributed by atoms with van der Waals surface area (Å²) in [5.41, 5.74) is 6.35. The van der Waals surface area contributed by atoms with Crippen molar-refractivity contribution in [1.82, 2.24) is 15.8 Å². The number of nitrogens with zero attached hydrogens (tertiary/aromatic N) is 1. The summed E-state index contributed by atoms with van der Waals surface area (Å²) in [6.45, 7) is -0.0131. The van der Waals surface area contributed by atoms with E-state index >= 15 is 0 Å². The van der Waals surface area contributed by atoms with E-state index in [0.717, 1.165) is 5.56 Å². The minimum Gasteiger partial charge on any atom is -0.495 e. The number of amides is 2. The smallest absolute Gasteiger partial charge is 0.257 e. The number of para-hydroxylation sites is 2. The van der Waals surface area contributed by atoms with Gasteiger partial charge in [0.25, 0.3) is 5.91 Å². The van der Waals surface area contributed by atoms with Gasteiger partial charge in [-0.25, -0.2) is 4.98 Å². The van der Waals surface area contributed by atoms with Crippen LogP contribution in [0.25, 0.3) is 11.3 Å². The van der Waals surface area contributed by atoms with Crippen LogP contribution < -0.4 is 20.9 Å². The third-order valence-electron chi connectivity index (χ3n) is 4.07. The van der Waals surface area contributed by atoms with Crippen LogP contribution in [-0.2, 0) is 16.0 Å². The average molecular weight is 394 g/mol. The average Bonchev–Trinajstić information content (AvgIpc) is 3.24. The molecular formula is C21H22N4O4. The van der Waals surface area contributed by atoms with Gasteiger partial charge >= 0.3 is 0 Å². The molecule has 0 fully saturated rings. The molecule has 0 radical (unpaired) electrons. The number of benzene rings is 2.